The zero-order chi connectivity index (χ0) is 10.9. The third-order valence-electron chi connectivity index (χ3n) is 1.80. The van der Waals surface area contributed by atoms with E-state index in [9.17, 15) is 13.6 Å². The van der Waals surface area contributed by atoms with Crippen molar-refractivity contribution in [3.05, 3.63) is 33.3 Å². The van der Waals surface area contributed by atoms with Crippen molar-refractivity contribution in [3.8, 4) is 0 Å². The minimum absolute atomic E-state index is 0.00593. The summed E-state index contributed by atoms with van der Waals surface area (Å²) in [5.41, 5.74) is -0.0601. The summed E-state index contributed by atoms with van der Waals surface area (Å²) in [7, 11) is 1.18. The van der Waals surface area contributed by atoms with Crippen LogP contribution in [-0.2, 0) is 4.74 Å². The third kappa shape index (κ3) is 1.77. The van der Waals surface area contributed by atoms with E-state index < -0.39 is 17.6 Å². The smallest absolute Gasteiger partial charge is 0.339 e. The van der Waals surface area contributed by atoms with Crippen molar-refractivity contribution in [2.24, 2.45) is 0 Å². The van der Waals surface area contributed by atoms with E-state index in [0.29, 0.717) is 0 Å². The van der Waals surface area contributed by atoms with Crippen molar-refractivity contribution in [1.82, 2.24) is 0 Å². The van der Waals surface area contributed by atoms with Crippen LogP contribution < -0.4 is 0 Å². The van der Waals surface area contributed by atoms with Crippen molar-refractivity contribution in [2.75, 3.05) is 7.11 Å². The van der Waals surface area contributed by atoms with Crippen LogP contribution in [0, 0.1) is 18.6 Å². The zero-order valence-electron chi connectivity index (χ0n) is 7.53. The standard InChI is InChI=1S/C9H7BrF2O2/c1-4-7(9(13)14-2)5(10)3-6(11)8(4)12/h3H,1-2H3. The molecule has 0 bridgehead atoms. The van der Waals surface area contributed by atoms with Crippen molar-refractivity contribution in [3.63, 3.8) is 0 Å². The van der Waals surface area contributed by atoms with Gasteiger partial charge in [0.05, 0.1) is 12.7 Å². The quantitative estimate of drug-likeness (QED) is 0.576. The average Bonchev–Trinajstić information content (AvgIpc) is 2.14. The molecular formula is C9H7BrF2O2. The van der Waals surface area contributed by atoms with E-state index in [1.807, 2.05) is 0 Å². The normalized spacial score (nSPS) is 10.1. The highest BCUT2D eigenvalue weighted by Crippen LogP contribution is 2.25. The van der Waals surface area contributed by atoms with Crippen LogP contribution in [0.4, 0.5) is 8.78 Å². The molecule has 0 radical (unpaired) electrons. The Morgan fingerprint density at radius 2 is 2.07 bits per heavy atom. The van der Waals surface area contributed by atoms with Gasteiger partial charge >= 0.3 is 5.97 Å². The van der Waals surface area contributed by atoms with Crippen LogP contribution in [0.5, 0.6) is 0 Å². The first kappa shape index (κ1) is 11.1. The Labute approximate surface area is 88.0 Å². The number of rotatable bonds is 1. The fourth-order valence-corrected chi connectivity index (χ4v) is 1.73. The molecule has 0 heterocycles. The van der Waals surface area contributed by atoms with E-state index in [-0.39, 0.29) is 15.6 Å². The van der Waals surface area contributed by atoms with Gasteiger partial charge in [0.1, 0.15) is 0 Å². The first-order valence-electron chi connectivity index (χ1n) is 3.71. The summed E-state index contributed by atoms with van der Waals surface area (Å²) in [6.45, 7) is 1.31. The molecule has 0 spiro atoms. The summed E-state index contributed by atoms with van der Waals surface area (Å²) in [5, 5.41) is 0. The number of hydrogen-bond acceptors (Lipinski definition) is 2. The summed E-state index contributed by atoms with van der Waals surface area (Å²) in [6, 6.07) is 0.897. The molecule has 1 aromatic carbocycles. The number of esters is 1. The zero-order valence-corrected chi connectivity index (χ0v) is 9.11. The summed E-state index contributed by atoms with van der Waals surface area (Å²) in [5.74, 6) is -2.73. The number of carbonyl (C=O) groups excluding carboxylic acids is 1. The van der Waals surface area contributed by atoms with Crippen molar-refractivity contribution >= 4 is 21.9 Å². The lowest BCUT2D eigenvalue weighted by Gasteiger charge is -2.07. The molecule has 0 saturated carbocycles. The highest BCUT2D eigenvalue weighted by atomic mass is 79.9. The predicted molar refractivity (Wildman–Crippen MR) is 50.1 cm³/mol. The highest BCUT2D eigenvalue weighted by Gasteiger charge is 2.19. The van der Waals surface area contributed by atoms with E-state index in [1.165, 1.54) is 14.0 Å². The topological polar surface area (TPSA) is 26.3 Å². The van der Waals surface area contributed by atoms with Gasteiger partial charge in [0.25, 0.3) is 0 Å². The molecule has 1 rings (SSSR count). The number of methoxy groups -OCH3 is 1. The Kier molecular flexibility index (Phi) is 3.21. The van der Waals surface area contributed by atoms with Crippen molar-refractivity contribution in [2.45, 2.75) is 6.92 Å². The number of carbonyl (C=O) groups is 1. The maximum atomic E-state index is 13.1. The largest absolute Gasteiger partial charge is 0.465 e. The number of hydrogen-bond donors (Lipinski definition) is 0. The van der Waals surface area contributed by atoms with Gasteiger partial charge in [0, 0.05) is 10.0 Å². The second-order valence-electron chi connectivity index (χ2n) is 2.65. The summed E-state index contributed by atoms with van der Waals surface area (Å²) >= 11 is 2.97. The molecule has 0 aliphatic carbocycles. The van der Waals surface area contributed by atoms with Crippen LogP contribution >= 0.6 is 15.9 Å². The van der Waals surface area contributed by atoms with Crippen LogP contribution in [0.3, 0.4) is 0 Å². The van der Waals surface area contributed by atoms with Gasteiger partial charge in [-0.05, 0) is 28.9 Å². The Balaban J connectivity index is 3.44. The van der Waals surface area contributed by atoms with Crippen LogP contribution in [-0.4, -0.2) is 13.1 Å². The lowest BCUT2D eigenvalue weighted by Crippen LogP contribution is -2.07. The molecule has 0 saturated heterocycles. The molecule has 14 heavy (non-hydrogen) atoms. The number of benzene rings is 1. The Hall–Kier alpha value is -0.970. The lowest BCUT2D eigenvalue weighted by molar-refractivity contribution is 0.0598. The van der Waals surface area contributed by atoms with Crippen LogP contribution in [0.15, 0.2) is 10.5 Å². The molecule has 0 amide bonds. The number of ether oxygens (including phenoxy) is 1. The van der Waals surface area contributed by atoms with Gasteiger partial charge in [0.2, 0.25) is 0 Å². The van der Waals surface area contributed by atoms with Gasteiger partial charge in [-0.2, -0.15) is 0 Å². The molecular weight excluding hydrogens is 258 g/mol. The first-order valence-corrected chi connectivity index (χ1v) is 4.50. The SMILES string of the molecule is COC(=O)c1c(Br)cc(F)c(F)c1C. The molecule has 0 unspecified atom stereocenters. The van der Waals surface area contributed by atoms with Crippen LogP contribution in [0.25, 0.3) is 0 Å². The van der Waals surface area contributed by atoms with E-state index in [1.54, 1.807) is 0 Å². The van der Waals surface area contributed by atoms with Gasteiger partial charge in [-0.25, -0.2) is 13.6 Å². The Morgan fingerprint density at radius 1 is 1.50 bits per heavy atom. The second-order valence-corrected chi connectivity index (χ2v) is 3.50. The van der Waals surface area contributed by atoms with Gasteiger partial charge in [-0.3, -0.25) is 0 Å². The fraction of sp³-hybridized carbons (Fsp3) is 0.222. The molecule has 0 aromatic heterocycles. The van der Waals surface area contributed by atoms with Crippen LogP contribution in [0.2, 0.25) is 0 Å². The van der Waals surface area contributed by atoms with E-state index in [4.69, 9.17) is 0 Å². The highest BCUT2D eigenvalue weighted by molar-refractivity contribution is 9.10. The number of halogens is 3. The summed E-state index contributed by atoms with van der Waals surface area (Å²) < 4.78 is 30.5. The first-order chi connectivity index (χ1) is 6.49. The van der Waals surface area contributed by atoms with Crippen LogP contribution in [0.1, 0.15) is 15.9 Å². The molecule has 0 atom stereocenters. The molecule has 0 aliphatic heterocycles. The molecule has 1 aromatic rings. The fourth-order valence-electron chi connectivity index (χ4n) is 1.07. The molecule has 0 aliphatic rings. The predicted octanol–water partition coefficient (Wildman–Crippen LogP) is 2.82. The second kappa shape index (κ2) is 4.04. The Bertz CT molecular complexity index is 391. The summed E-state index contributed by atoms with van der Waals surface area (Å²) in [6.07, 6.45) is 0. The molecule has 2 nitrogen and oxygen atoms in total. The van der Waals surface area contributed by atoms with E-state index in [0.717, 1.165) is 6.07 Å². The van der Waals surface area contributed by atoms with Gasteiger partial charge in [-0.15, -0.1) is 0 Å². The van der Waals surface area contributed by atoms with Gasteiger partial charge in [-0.1, -0.05) is 0 Å². The monoisotopic (exact) mass is 264 g/mol. The van der Waals surface area contributed by atoms with Crippen molar-refractivity contribution < 1.29 is 18.3 Å². The summed E-state index contributed by atoms with van der Waals surface area (Å²) in [4.78, 5) is 11.2. The molecule has 5 heteroatoms. The molecule has 0 N–H and O–H groups in total. The minimum Gasteiger partial charge on any atom is -0.465 e. The third-order valence-corrected chi connectivity index (χ3v) is 2.42. The lowest BCUT2D eigenvalue weighted by atomic mass is 10.1. The molecule has 0 fully saturated rings. The average molecular weight is 265 g/mol. The Morgan fingerprint density at radius 3 is 2.57 bits per heavy atom. The van der Waals surface area contributed by atoms with Crippen molar-refractivity contribution in [1.29, 1.82) is 0 Å². The maximum Gasteiger partial charge on any atom is 0.339 e. The van der Waals surface area contributed by atoms with Gasteiger partial charge in [0.15, 0.2) is 11.6 Å². The van der Waals surface area contributed by atoms with E-state index in [2.05, 4.69) is 20.7 Å². The maximum absolute atomic E-state index is 13.1. The minimum atomic E-state index is -1.03. The van der Waals surface area contributed by atoms with E-state index >= 15 is 0 Å². The molecule has 76 valence electrons. The van der Waals surface area contributed by atoms with Gasteiger partial charge < -0.3 is 4.74 Å².